The number of carbonyl (C=O) groups excluding carboxylic acids is 1. The van der Waals surface area contributed by atoms with E-state index >= 15 is 0 Å². The Kier molecular flexibility index (Phi) is 6.06. The molecule has 2 N–H and O–H groups in total. The van der Waals surface area contributed by atoms with Gasteiger partial charge in [0.05, 0.1) is 0 Å². The summed E-state index contributed by atoms with van der Waals surface area (Å²) in [6.07, 6.45) is 2.04. The molecule has 20 heavy (non-hydrogen) atoms. The zero-order valence-electron chi connectivity index (χ0n) is 11.4. The van der Waals surface area contributed by atoms with Gasteiger partial charge in [-0.15, -0.1) is 0 Å². The number of nitrogens with one attached hydrogen (secondary N) is 1. The molecule has 0 unspecified atom stereocenters. The average molecular weight is 297 g/mol. The number of amides is 2. The van der Waals surface area contributed by atoms with E-state index in [0.29, 0.717) is 18.0 Å². The molecule has 6 heteroatoms. The van der Waals surface area contributed by atoms with Crippen molar-refractivity contribution in [1.82, 2.24) is 5.32 Å². The van der Waals surface area contributed by atoms with Gasteiger partial charge in [0, 0.05) is 29.9 Å². The number of halogens is 1. The van der Waals surface area contributed by atoms with E-state index in [2.05, 4.69) is 5.32 Å². The largest absolute Gasteiger partial charge is 0.478 e. The van der Waals surface area contributed by atoms with Crippen LogP contribution >= 0.6 is 11.6 Å². The molecule has 0 radical (unpaired) electrons. The molecule has 0 atom stereocenters. The first-order chi connectivity index (χ1) is 9.41. The molecule has 0 fully saturated rings. The van der Waals surface area contributed by atoms with Gasteiger partial charge in [0.25, 0.3) is 0 Å². The van der Waals surface area contributed by atoms with Gasteiger partial charge in [-0.1, -0.05) is 17.7 Å². The molecule has 0 bridgehead atoms. The van der Waals surface area contributed by atoms with Crippen LogP contribution in [0.1, 0.15) is 13.3 Å². The molecule has 0 aromatic heterocycles. The van der Waals surface area contributed by atoms with Crippen molar-refractivity contribution in [2.75, 3.05) is 18.5 Å². The van der Waals surface area contributed by atoms with Crippen LogP contribution in [0.3, 0.4) is 0 Å². The van der Waals surface area contributed by atoms with E-state index in [9.17, 15) is 9.59 Å². The number of hydrogen-bond donors (Lipinski definition) is 2. The maximum Gasteiger partial charge on any atom is 0.330 e. The molecular formula is C14H17ClN2O3. The van der Waals surface area contributed by atoms with Gasteiger partial charge in [0.1, 0.15) is 0 Å². The van der Waals surface area contributed by atoms with Gasteiger partial charge in [-0.3, -0.25) is 4.90 Å². The molecular weight excluding hydrogens is 280 g/mol. The molecule has 0 saturated carbocycles. The van der Waals surface area contributed by atoms with Gasteiger partial charge in [0.15, 0.2) is 0 Å². The Labute approximate surface area is 122 Å². The second kappa shape index (κ2) is 7.55. The predicted molar refractivity (Wildman–Crippen MR) is 79.3 cm³/mol. The molecule has 1 aromatic rings. The summed E-state index contributed by atoms with van der Waals surface area (Å²) in [6.45, 7) is 1.89. The molecule has 0 spiro atoms. The Morgan fingerprint density at radius 2 is 1.95 bits per heavy atom. The van der Waals surface area contributed by atoms with Crippen LogP contribution in [0.5, 0.6) is 0 Å². The normalized spacial score (nSPS) is 11.1. The van der Waals surface area contributed by atoms with E-state index in [1.165, 1.54) is 11.8 Å². The van der Waals surface area contributed by atoms with E-state index in [1.54, 1.807) is 37.4 Å². The summed E-state index contributed by atoms with van der Waals surface area (Å²) >= 11 is 5.78. The molecule has 5 nitrogen and oxygen atoms in total. The standard InChI is InChI=1S/C14H17ClN2O3/c1-10(13(18)19)4-3-9-16-14(20)17(2)12-7-5-11(15)6-8-12/h4-8H,3,9H2,1-2H3,(H,16,20)(H,18,19). The van der Waals surface area contributed by atoms with Crippen molar-refractivity contribution in [3.8, 4) is 0 Å². The second-order valence-electron chi connectivity index (χ2n) is 4.25. The number of rotatable bonds is 5. The van der Waals surface area contributed by atoms with E-state index in [4.69, 9.17) is 16.7 Å². The molecule has 1 aromatic carbocycles. The topological polar surface area (TPSA) is 69.6 Å². The van der Waals surface area contributed by atoms with Gasteiger partial charge < -0.3 is 10.4 Å². The Morgan fingerprint density at radius 3 is 2.50 bits per heavy atom. The zero-order valence-corrected chi connectivity index (χ0v) is 12.1. The molecule has 108 valence electrons. The lowest BCUT2D eigenvalue weighted by atomic mass is 10.2. The van der Waals surface area contributed by atoms with Crippen LogP contribution in [0.25, 0.3) is 0 Å². The van der Waals surface area contributed by atoms with Crippen molar-refractivity contribution in [3.63, 3.8) is 0 Å². The molecule has 0 saturated heterocycles. The number of benzene rings is 1. The van der Waals surface area contributed by atoms with Crippen LogP contribution in [-0.2, 0) is 4.79 Å². The Hall–Kier alpha value is -2.01. The third kappa shape index (κ3) is 4.93. The van der Waals surface area contributed by atoms with Crippen molar-refractivity contribution in [1.29, 1.82) is 0 Å². The lowest BCUT2D eigenvalue weighted by Crippen LogP contribution is -2.37. The summed E-state index contributed by atoms with van der Waals surface area (Å²) < 4.78 is 0. The van der Waals surface area contributed by atoms with E-state index in [0.717, 1.165) is 5.69 Å². The summed E-state index contributed by atoms with van der Waals surface area (Å²) in [5.41, 5.74) is 0.995. The van der Waals surface area contributed by atoms with Gasteiger partial charge in [-0.2, -0.15) is 0 Å². The quantitative estimate of drug-likeness (QED) is 0.648. The highest BCUT2D eigenvalue weighted by molar-refractivity contribution is 6.30. The highest BCUT2D eigenvalue weighted by atomic mass is 35.5. The van der Waals surface area contributed by atoms with Crippen molar-refractivity contribution in [2.24, 2.45) is 0 Å². The smallest absolute Gasteiger partial charge is 0.330 e. The number of hydrogen-bond acceptors (Lipinski definition) is 2. The Bertz CT molecular complexity index is 512. The van der Waals surface area contributed by atoms with E-state index in [-0.39, 0.29) is 11.6 Å². The van der Waals surface area contributed by atoms with Gasteiger partial charge in [-0.05, 0) is 37.6 Å². The lowest BCUT2D eigenvalue weighted by Gasteiger charge is -2.17. The maximum absolute atomic E-state index is 11.9. The third-order valence-electron chi connectivity index (χ3n) is 2.73. The summed E-state index contributed by atoms with van der Waals surface area (Å²) in [7, 11) is 1.65. The highest BCUT2D eigenvalue weighted by Crippen LogP contribution is 2.16. The monoisotopic (exact) mass is 296 g/mol. The number of urea groups is 1. The number of aliphatic carboxylic acids is 1. The van der Waals surface area contributed by atoms with Gasteiger partial charge >= 0.3 is 12.0 Å². The van der Waals surface area contributed by atoms with Crippen LogP contribution in [0.2, 0.25) is 5.02 Å². The molecule has 0 heterocycles. The minimum Gasteiger partial charge on any atom is -0.478 e. The van der Waals surface area contributed by atoms with Crippen molar-refractivity contribution >= 4 is 29.3 Å². The fourth-order valence-corrected chi connectivity index (χ4v) is 1.58. The number of nitrogens with zero attached hydrogens (tertiary/aromatic N) is 1. The SMILES string of the molecule is CC(=CCCNC(=O)N(C)c1ccc(Cl)cc1)C(=O)O. The Morgan fingerprint density at radius 1 is 1.35 bits per heavy atom. The summed E-state index contributed by atoms with van der Waals surface area (Å²) in [4.78, 5) is 23.9. The van der Waals surface area contributed by atoms with Crippen LogP contribution in [0.4, 0.5) is 10.5 Å². The fraction of sp³-hybridized carbons (Fsp3) is 0.286. The summed E-state index contributed by atoms with van der Waals surface area (Å²) in [6, 6.07) is 6.65. The van der Waals surface area contributed by atoms with Crippen LogP contribution in [-0.4, -0.2) is 30.7 Å². The van der Waals surface area contributed by atoms with Crippen LogP contribution in [0, 0.1) is 0 Å². The summed E-state index contributed by atoms with van der Waals surface area (Å²) in [5.74, 6) is -0.949. The number of carboxylic acid groups (broad SMARTS) is 1. The average Bonchev–Trinajstić information content (AvgIpc) is 2.43. The highest BCUT2D eigenvalue weighted by Gasteiger charge is 2.09. The number of anilines is 1. The van der Waals surface area contributed by atoms with Gasteiger partial charge in [-0.25, -0.2) is 9.59 Å². The van der Waals surface area contributed by atoms with Crippen molar-refractivity contribution < 1.29 is 14.7 Å². The van der Waals surface area contributed by atoms with Gasteiger partial charge in [0.2, 0.25) is 0 Å². The molecule has 0 aliphatic rings. The van der Waals surface area contributed by atoms with Crippen molar-refractivity contribution in [3.05, 3.63) is 40.9 Å². The summed E-state index contributed by atoms with van der Waals surface area (Å²) in [5, 5.41) is 12.0. The maximum atomic E-state index is 11.9. The first kappa shape index (κ1) is 16.0. The third-order valence-corrected chi connectivity index (χ3v) is 2.98. The van der Waals surface area contributed by atoms with E-state index < -0.39 is 5.97 Å². The predicted octanol–water partition coefficient (Wildman–Crippen LogP) is 2.91. The molecule has 0 aliphatic heterocycles. The van der Waals surface area contributed by atoms with Crippen LogP contribution in [0.15, 0.2) is 35.9 Å². The molecule has 2 amide bonds. The minimum absolute atomic E-state index is 0.256. The Balaban J connectivity index is 2.45. The number of carbonyl (C=O) groups is 2. The number of carboxylic acids is 1. The van der Waals surface area contributed by atoms with E-state index in [1.807, 2.05) is 0 Å². The second-order valence-corrected chi connectivity index (χ2v) is 4.68. The first-order valence-electron chi connectivity index (χ1n) is 6.09. The zero-order chi connectivity index (χ0) is 15.1. The van der Waals surface area contributed by atoms with Crippen LogP contribution < -0.4 is 10.2 Å². The molecule has 1 rings (SSSR count). The van der Waals surface area contributed by atoms with Crippen molar-refractivity contribution in [2.45, 2.75) is 13.3 Å². The lowest BCUT2D eigenvalue weighted by molar-refractivity contribution is -0.132. The minimum atomic E-state index is -0.949. The fourth-order valence-electron chi connectivity index (χ4n) is 1.46. The first-order valence-corrected chi connectivity index (χ1v) is 6.47. The molecule has 0 aliphatic carbocycles.